The lowest BCUT2D eigenvalue weighted by molar-refractivity contribution is 0.0358. The number of morpholine rings is 1. The third-order valence-electron chi connectivity index (χ3n) is 3.74. The van der Waals surface area contributed by atoms with Crippen molar-refractivity contribution in [3.05, 3.63) is 35.2 Å². The second-order valence-electron chi connectivity index (χ2n) is 5.68. The second kappa shape index (κ2) is 9.36. The molecule has 8 heteroatoms. The van der Waals surface area contributed by atoms with Crippen molar-refractivity contribution in [1.82, 2.24) is 9.88 Å². The van der Waals surface area contributed by atoms with Gasteiger partial charge in [-0.15, -0.1) is 11.3 Å². The molecule has 25 heavy (non-hydrogen) atoms. The van der Waals surface area contributed by atoms with Crippen molar-refractivity contribution in [3.8, 4) is 5.75 Å². The van der Waals surface area contributed by atoms with Crippen LogP contribution in [0.15, 0.2) is 34.7 Å². The van der Waals surface area contributed by atoms with Crippen molar-refractivity contribution >= 4 is 28.5 Å². The number of rotatable bonds is 8. The van der Waals surface area contributed by atoms with Gasteiger partial charge in [0.1, 0.15) is 11.6 Å². The quantitative estimate of drug-likeness (QED) is 0.426. The van der Waals surface area contributed by atoms with Crippen LogP contribution >= 0.6 is 11.3 Å². The molecule has 2 heterocycles. The number of thiazole rings is 1. The van der Waals surface area contributed by atoms with Gasteiger partial charge in [-0.1, -0.05) is 12.1 Å². The number of ether oxygens (including phenoxy) is 2. The molecule has 0 spiro atoms. The fourth-order valence-corrected chi connectivity index (χ4v) is 3.04. The van der Waals surface area contributed by atoms with Crippen LogP contribution in [0.3, 0.4) is 0 Å². The molecule has 0 amide bonds. The first-order valence-electron chi connectivity index (χ1n) is 8.33. The molecule has 3 rings (SSSR count). The minimum Gasteiger partial charge on any atom is -0.494 e. The zero-order valence-corrected chi connectivity index (χ0v) is 14.9. The lowest BCUT2D eigenvalue weighted by Gasteiger charge is -2.26. The van der Waals surface area contributed by atoms with E-state index in [0.29, 0.717) is 17.6 Å². The molecule has 0 aliphatic carbocycles. The molecular weight excluding hydrogens is 338 g/mol. The van der Waals surface area contributed by atoms with Crippen molar-refractivity contribution in [1.29, 1.82) is 0 Å². The summed E-state index contributed by atoms with van der Waals surface area (Å²) in [7, 11) is 0. The minimum absolute atomic E-state index is 0.496. The highest BCUT2D eigenvalue weighted by atomic mass is 32.1. The van der Waals surface area contributed by atoms with E-state index in [4.69, 9.17) is 15.2 Å². The Bertz CT molecular complexity index is 685. The molecule has 1 fully saturated rings. The van der Waals surface area contributed by atoms with E-state index in [2.05, 4.69) is 20.4 Å². The molecule has 0 atom stereocenters. The van der Waals surface area contributed by atoms with Gasteiger partial charge in [-0.2, -0.15) is 5.10 Å². The van der Waals surface area contributed by atoms with Crippen LogP contribution in [-0.2, 0) is 4.74 Å². The highest BCUT2D eigenvalue weighted by molar-refractivity contribution is 7.14. The summed E-state index contributed by atoms with van der Waals surface area (Å²) >= 11 is 1.42. The fraction of sp³-hybridized carbons (Fsp3) is 0.412. The Morgan fingerprint density at radius 2 is 2.28 bits per heavy atom. The van der Waals surface area contributed by atoms with Crippen LogP contribution in [0.1, 0.15) is 12.0 Å². The standard InChI is InChI=1S/C17H23N5O2S/c18-16-13-25-17(20-16)21-19-12-14-3-1-4-15(11-14)24-8-2-5-22-6-9-23-10-7-22/h1,3-4,11-13H,2,5-10,18H2,(H,20,21). The van der Waals surface area contributed by atoms with E-state index in [0.717, 1.165) is 50.6 Å². The molecule has 1 aromatic heterocycles. The van der Waals surface area contributed by atoms with E-state index in [-0.39, 0.29) is 0 Å². The summed E-state index contributed by atoms with van der Waals surface area (Å²) in [5.74, 6) is 1.35. The summed E-state index contributed by atoms with van der Waals surface area (Å²) in [6, 6.07) is 7.86. The van der Waals surface area contributed by atoms with Gasteiger partial charge in [-0.05, 0) is 24.1 Å². The largest absolute Gasteiger partial charge is 0.494 e. The Morgan fingerprint density at radius 1 is 1.40 bits per heavy atom. The van der Waals surface area contributed by atoms with E-state index < -0.39 is 0 Å². The lowest BCUT2D eigenvalue weighted by Crippen LogP contribution is -2.37. The van der Waals surface area contributed by atoms with Crippen LogP contribution < -0.4 is 15.9 Å². The predicted molar refractivity (Wildman–Crippen MR) is 102 cm³/mol. The summed E-state index contributed by atoms with van der Waals surface area (Å²) in [6.07, 6.45) is 2.74. The Morgan fingerprint density at radius 3 is 3.08 bits per heavy atom. The van der Waals surface area contributed by atoms with Crippen LogP contribution in [0.2, 0.25) is 0 Å². The molecule has 1 aromatic carbocycles. The van der Waals surface area contributed by atoms with E-state index in [1.807, 2.05) is 24.3 Å². The maximum Gasteiger partial charge on any atom is 0.205 e. The van der Waals surface area contributed by atoms with Gasteiger partial charge in [0.05, 0.1) is 26.0 Å². The SMILES string of the molecule is Nc1csc(NN=Cc2cccc(OCCCN3CCOCC3)c2)n1. The van der Waals surface area contributed by atoms with Crippen LogP contribution in [0, 0.1) is 0 Å². The predicted octanol–water partition coefficient (Wildman–Crippen LogP) is 2.27. The first kappa shape index (κ1) is 17.7. The Balaban J connectivity index is 1.41. The number of hydrazone groups is 1. The number of nitrogens with zero attached hydrogens (tertiary/aromatic N) is 3. The Kier molecular flexibility index (Phi) is 6.61. The third kappa shape index (κ3) is 6.00. The Hall–Kier alpha value is -2.16. The summed E-state index contributed by atoms with van der Waals surface area (Å²) < 4.78 is 11.2. The van der Waals surface area contributed by atoms with Gasteiger partial charge in [-0.3, -0.25) is 10.3 Å². The Labute approximate surface area is 151 Å². The van der Waals surface area contributed by atoms with E-state index in [1.165, 1.54) is 11.3 Å². The number of hydrogen-bond acceptors (Lipinski definition) is 8. The first-order valence-corrected chi connectivity index (χ1v) is 9.20. The van der Waals surface area contributed by atoms with Gasteiger partial charge in [0.25, 0.3) is 0 Å². The van der Waals surface area contributed by atoms with Gasteiger partial charge in [0.2, 0.25) is 5.13 Å². The number of nitrogen functional groups attached to an aromatic ring is 1. The van der Waals surface area contributed by atoms with Crippen LogP contribution in [0.25, 0.3) is 0 Å². The fourth-order valence-electron chi connectivity index (χ4n) is 2.49. The van der Waals surface area contributed by atoms with Gasteiger partial charge >= 0.3 is 0 Å². The van der Waals surface area contributed by atoms with Crippen LogP contribution in [0.5, 0.6) is 5.75 Å². The average Bonchev–Trinajstić information content (AvgIpc) is 3.05. The summed E-state index contributed by atoms with van der Waals surface area (Å²) in [6.45, 7) is 5.46. The monoisotopic (exact) mass is 361 g/mol. The second-order valence-corrected chi connectivity index (χ2v) is 6.53. The zero-order chi connectivity index (χ0) is 17.3. The highest BCUT2D eigenvalue weighted by Gasteiger charge is 2.09. The van der Waals surface area contributed by atoms with E-state index in [9.17, 15) is 0 Å². The molecule has 3 N–H and O–H groups in total. The number of benzene rings is 1. The van der Waals surface area contributed by atoms with Gasteiger partial charge < -0.3 is 15.2 Å². The molecule has 134 valence electrons. The maximum atomic E-state index is 5.84. The van der Waals surface area contributed by atoms with E-state index in [1.54, 1.807) is 11.6 Å². The van der Waals surface area contributed by atoms with Gasteiger partial charge in [0, 0.05) is 25.0 Å². The summed E-state index contributed by atoms with van der Waals surface area (Å²) in [5.41, 5.74) is 9.39. The highest BCUT2D eigenvalue weighted by Crippen LogP contribution is 2.16. The normalized spacial score (nSPS) is 15.5. The maximum absolute atomic E-state index is 5.84. The van der Waals surface area contributed by atoms with Crippen molar-refractivity contribution in [3.63, 3.8) is 0 Å². The molecule has 2 aromatic rings. The first-order chi connectivity index (χ1) is 12.3. The molecule has 1 aliphatic heterocycles. The number of nitrogens with two attached hydrogens (primary N) is 1. The van der Waals surface area contributed by atoms with Crippen molar-refractivity contribution in [2.45, 2.75) is 6.42 Å². The van der Waals surface area contributed by atoms with E-state index >= 15 is 0 Å². The van der Waals surface area contributed by atoms with Crippen molar-refractivity contribution in [2.24, 2.45) is 5.10 Å². The number of aromatic nitrogens is 1. The van der Waals surface area contributed by atoms with Crippen molar-refractivity contribution < 1.29 is 9.47 Å². The summed E-state index contributed by atoms with van der Waals surface area (Å²) in [4.78, 5) is 6.49. The molecule has 1 aliphatic rings. The average molecular weight is 361 g/mol. The zero-order valence-electron chi connectivity index (χ0n) is 14.1. The minimum atomic E-state index is 0.496. The smallest absolute Gasteiger partial charge is 0.205 e. The van der Waals surface area contributed by atoms with Crippen LogP contribution in [-0.4, -0.2) is 55.6 Å². The number of hydrogen-bond donors (Lipinski definition) is 2. The van der Waals surface area contributed by atoms with Gasteiger partial charge in [0.15, 0.2) is 0 Å². The lowest BCUT2D eigenvalue weighted by atomic mass is 10.2. The molecule has 0 radical (unpaired) electrons. The van der Waals surface area contributed by atoms with Crippen molar-refractivity contribution in [2.75, 3.05) is 50.6 Å². The number of anilines is 2. The van der Waals surface area contributed by atoms with Crippen LogP contribution in [0.4, 0.5) is 10.9 Å². The molecule has 7 nitrogen and oxygen atoms in total. The molecule has 1 saturated heterocycles. The molecule has 0 saturated carbocycles. The summed E-state index contributed by atoms with van der Waals surface area (Å²) in [5, 5.41) is 6.60. The molecule has 0 unspecified atom stereocenters. The molecule has 0 bridgehead atoms. The molecular formula is C17H23N5O2S. The number of nitrogens with one attached hydrogen (secondary N) is 1. The van der Waals surface area contributed by atoms with Gasteiger partial charge in [-0.25, -0.2) is 4.98 Å². The topological polar surface area (TPSA) is 85.0 Å². The third-order valence-corrected chi connectivity index (χ3v) is 4.51.